The van der Waals surface area contributed by atoms with Crippen molar-refractivity contribution in [2.75, 3.05) is 6.61 Å². The molecule has 1 fully saturated rings. The van der Waals surface area contributed by atoms with E-state index in [9.17, 15) is 10.4 Å². The summed E-state index contributed by atoms with van der Waals surface area (Å²) in [6, 6.07) is 10.6. The highest BCUT2D eigenvalue weighted by atomic mass is 16.5. The van der Waals surface area contributed by atoms with Crippen molar-refractivity contribution in [1.82, 2.24) is 0 Å². The molecule has 3 nitrogen and oxygen atoms in total. The van der Waals surface area contributed by atoms with Crippen LogP contribution >= 0.6 is 0 Å². The van der Waals surface area contributed by atoms with E-state index < -0.39 is 11.0 Å². The fraction of sp³-hybridized carbons (Fsp3) is 0.562. The Balaban J connectivity index is 1.96. The van der Waals surface area contributed by atoms with Crippen molar-refractivity contribution in [3.8, 4) is 6.07 Å². The van der Waals surface area contributed by atoms with Crippen LogP contribution in [0.3, 0.4) is 0 Å². The zero-order chi connectivity index (χ0) is 13.5. The molecule has 0 radical (unpaired) electrons. The van der Waals surface area contributed by atoms with Gasteiger partial charge in [0.25, 0.3) is 0 Å². The van der Waals surface area contributed by atoms with Gasteiger partial charge in [0.2, 0.25) is 0 Å². The average molecular weight is 257 g/mol. The van der Waals surface area contributed by atoms with Gasteiger partial charge in [-0.1, -0.05) is 24.3 Å². The van der Waals surface area contributed by atoms with Crippen LogP contribution in [0.4, 0.5) is 0 Å². The molecule has 0 aromatic heterocycles. The molecule has 100 valence electrons. The van der Waals surface area contributed by atoms with Gasteiger partial charge in [-0.15, -0.1) is 0 Å². The molecule has 0 bridgehead atoms. The Morgan fingerprint density at radius 2 is 1.95 bits per heavy atom. The van der Waals surface area contributed by atoms with Crippen LogP contribution in [0.1, 0.15) is 30.9 Å². The molecule has 1 aromatic rings. The molecule has 1 aromatic carbocycles. The van der Waals surface area contributed by atoms with E-state index >= 15 is 0 Å². The van der Waals surface area contributed by atoms with Crippen molar-refractivity contribution in [2.45, 2.75) is 44.3 Å². The summed E-state index contributed by atoms with van der Waals surface area (Å²) in [4.78, 5) is 0. The maximum atomic E-state index is 11.1. The summed E-state index contributed by atoms with van der Waals surface area (Å²) in [5, 5.41) is 20.8. The van der Waals surface area contributed by atoms with Crippen molar-refractivity contribution in [3.05, 3.63) is 35.4 Å². The predicted octanol–water partition coefficient (Wildman–Crippen LogP) is 2.23. The van der Waals surface area contributed by atoms with Crippen molar-refractivity contribution >= 4 is 0 Å². The van der Waals surface area contributed by atoms with Crippen molar-refractivity contribution in [3.63, 3.8) is 0 Å². The molecular weight excluding hydrogens is 238 g/mol. The van der Waals surface area contributed by atoms with Crippen LogP contribution in [-0.4, -0.2) is 23.4 Å². The summed E-state index contributed by atoms with van der Waals surface area (Å²) in [6.07, 6.45) is 2.44. The summed E-state index contributed by atoms with van der Waals surface area (Å²) >= 11 is 0. The van der Waals surface area contributed by atoms with E-state index in [1.54, 1.807) is 0 Å². The highest BCUT2D eigenvalue weighted by Gasteiger charge is 2.55. The molecule has 0 amide bonds. The quantitative estimate of drug-likeness (QED) is 0.839. The highest BCUT2D eigenvalue weighted by Crippen LogP contribution is 2.49. The average Bonchev–Trinajstić information content (AvgIpc) is 2.79. The van der Waals surface area contributed by atoms with Gasteiger partial charge >= 0.3 is 0 Å². The first kappa shape index (κ1) is 12.7. The van der Waals surface area contributed by atoms with E-state index in [0.29, 0.717) is 32.3 Å². The molecule has 1 aliphatic heterocycles. The Bertz CT molecular complexity index is 509. The number of ether oxygens (including phenoxy) is 1. The lowest BCUT2D eigenvalue weighted by atomic mass is 9.66. The maximum Gasteiger partial charge on any atom is 0.0942 e. The number of rotatable bonds is 1. The first-order valence-corrected chi connectivity index (χ1v) is 6.91. The largest absolute Gasteiger partial charge is 0.388 e. The Labute approximate surface area is 113 Å². The topological polar surface area (TPSA) is 53.2 Å². The molecule has 1 aliphatic carbocycles. The second-order valence-corrected chi connectivity index (χ2v) is 5.98. The molecule has 1 heterocycles. The van der Waals surface area contributed by atoms with Crippen molar-refractivity contribution in [1.29, 1.82) is 5.26 Å². The van der Waals surface area contributed by atoms with Gasteiger partial charge in [0.05, 0.1) is 23.2 Å². The van der Waals surface area contributed by atoms with Gasteiger partial charge in [0, 0.05) is 19.4 Å². The maximum absolute atomic E-state index is 11.1. The number of aliphatic hydroxyl groups is 1. The fourth-order valence-electron chi connectivity index (χ4n) is 3.63. The van der Waals surface area contributed by atoms with Crippen LogP contribution in [0.25, 0.3) is 0 Å². The molecule has 0 spiro atoms. The second kappa shape index (κ2) is 4.33. The molecule has 1 N–H and O–H groups in total. The number of hydrogen-bond donors (Lipinski definition) is 1. The van der Waals surface area contributed by atoms with Crippen LogP contribution < -0.4 is 0 Å². The van der Waals surface area contributed by atoms with Crippen LogP contribution in [0.5, 0.6) is 0 Å². The standard InChI is InChI=1S/C16H19NO2/c1-12-8-16(18,6-7-19-12)15(11-17)9-13-4-2-3-5-14(13)10-15/h2-5,12,18H,6-10H2,1H3. The summed E-state index contributed by atoms with van der Waals surface area (Å²) in [7, 11) is 0. The minimum atomic E-state index is -0.932. The van der Waals surface area contributed by atoms with Crippen LogP contribution in [0, 0.1) is 16.7 Å². The third kappa shape index (κ3) is 1.87. The lowest BCUT2D eigenvalue weighted by molar-refractivity contribution is -0.145. The van der Waals surface area contributed by atoms with Crippen LogP contribution in [-0.2, 0) is 17.6 Å². The predicted molar refractivity (Wildman–Crippen MR) is 71.5 cm³/mol. The van der Waals surface area contributed by atoms with Gasteiger partial charge in [-0.2, -0.15) is 5.26 Å². The van der Waals surface area contributed by atoms with E-state index in [0.717, 1.165) is 0 Å². The Hall–Kier alpha value is -1.37. The molecule has 19 heavy (non-hydrogen) atoms. The number of hydrogen-bond acceptors (Lipinski definition) is 3. The monoisotopic (exact) mass is 257 g/mol. The normalized spacial score (nSPS) is 32.6. The number of nitriles is 1. The Kier molecular flexibility index (Phi) is 2.88. The minimum Gasteiger partial charge on any atom is -0.388 e. The first-order chi connectivity index (χ1) is 9.09. The van der Waals surface area contributed by atoms with Gasteiger partial charge in [0.1, 0.15) is 0 Å². The molecule has 2 aliphatic rings. The first-order valence-electron chi connectivity index (χ1n) is 6.91. The Morgan fingerprint density at radius 1 is 1.32 bits per heavy atom. The lowest BCUT2D eigenvalue weighted by Gasteiger charge is -2.44. The fourth-order valence-corrected chi connectivity index (χ4v) is 3.63. The third-order valence-corrected chi connectivity index (χ3v) is 4.75. The molecule has 1 saturated heterocycles. The molecule has 2 unspecified atom stereocenters. The van der Waals surface area contributed by atoms with Crippen molar-refractivity contribution < 1.29 is 9.84 Å². The minimum absolute atomic E-state index is 0.0210. The molecule has 0 saturated carbocycles. The van der Waals surface area contributed by atoms with Gasteiger partial charge in [-0.3, -0.25) is 0 Å². The molecular formula is C16H19NO2. The van der Waals surface area contributed by atoms with E-state index in [4.69, 9.17) is 4.74 Å². The third-order valence-electron chi connectivity index (χ3n) is 4.75. The zero-order valence-corrected chi connectivity index (χ0v) is 11.2. The van der Waals surface area contributed by atoms with E-state index in [-0.39, 0.29) is 6.10 Å². The van der Waals surface area contributed by atoms with Crippen molar-refractivity contribution in [2.24, 2.45) is 5.41 Å². The molecule has 3 rings (SSSR count). The van der Waals surface area contributed by atoms with Crippen LogP contribution in [0.15, 0.2) is 24.3 Å². The molecule has 2 atom stereocenters. The van der Waals surface area contributed by atoms with Gasteiger partial charge in [0.15, 0.2) is 0 Å². The smallest absolute Gasteiger partial charge is 0.0942 e. The lowest BCUT2D eigenvalue weighted by Crippen LogP contribution is -2.53. The number of fused-ring (bicyclic) bond motifs is 1. The summed E-state index contributed by atoms with van der Waals surface area (Å²) in [5.41, 5.74) is 0.793. The zero-order valence-electron chi connectivity index (χ0n) is 11.2. The van der Waals surface area contributed by atoms with E-state index in [1.165, 1.54) is 11.1 Å². The SMILES string of the molecule is CC1CC(O)(C2(C#N)Cc3ccccc3C2)CCO1. The summed E-state index contributed by atoms with van der Waals surface area (Å²) in [6.45, 7) is 2.51. The van der Waals surface area contributed by atoms with Gasteiger partial charge in [-0.25, -0.2) is 0 Å². The number of nitrogens with zero attached hydrogens (tertiary/aromatic N) is 1. The second-order valence-electron chi connectivity index (χ2n) is 5.98. The molecule has 3 heteroatoms. The van der Waals surface area contributed by atoms with Gasteiger partial charge in [-0.05, 0) is 30.9 Å². The summed E-state index contributed by atoms with van der Waals surface area (Å²) in [5.74, 6) is 0. The summed E-state index contributed by atoms with van der Waals surface area (Å²) < 4.78 is 5.53. The number of benzene rings is 1. The van der Waals surface area contributed by atoms with Crippen LogP contribution in [0.2, 0.25) is 0 Å². The Morgan fingerprint density at radius 3 is 2.47 bits per heavy atom. The van der Waals surface area contributed by atoms with Gasteiger partial charge < -0.3 is 9.84 Å². The van der Waals surface area contributed by atoms with E-state index in [2.05, 4.69) is 18.2 Å². The highest BCUT2D eigenvalue weighted by molar-refractivity contribution is 5.39. The van der Waals surface area contributed by atoms with E-state index in [1.807, 2.05) is 19.1 Å².